The maximum absolute atomic E-state index is 11.3. The number of carbonyl (C=O) groups excluding carboxylic acids is 1. The summed E-state index contributed by atoms with van der Waals surface area (Å²) in [6.07, 6.45) is 4.44. The van der Waals surface area contributed by atoms with Crippen molar-refractivity contribution in [3.63, 3.8) is 0 Å². The number of nitrogens with one attached hydrogen (secondary N) is 1. The molecular formula is C21H30N6O2. The van der Waals surface area contributed by atoms with E-state index in [1.165, 1.54) is 0 Å². The summed E-state index contributed by atoms with van der Waals surface area (Å²) in [4.78, 5) is 18.3. The molecule has 1 unspecified atom stereocenters. The van der Waals surface area contributed by atoms with Gasteiger partial charge in [-0.05, 0) is 56.0 Å². The second kappa shape index (κ2) is 9.95. The van der Waals surface area contributed by atoms with Crippen LogP contribution in [0.1, 0.15) is 31.9 Å². The topological polar surface area (TPSA) is 97.8 Å². The Balaban J connectivity index is 1.67. The number of likely N-dealkylation sites (tertiary alicyclic amines) is 1. The van der Waals surface area contributed by atoms with Crippen LogP contribution in [0.2, 0.25) is 0 Å². The molecule has 2 heterocycles. The summed E-state index contributed by atoms with van der Waals surface area (Å²) in [5.41, 5.74) is 7.25. The predicted molar refractivity (Wildman–Crippen MR) is 113 cm³/mol. The van der Waals surface area contributed by atoms with Gasteiger partial charge in [0.25, 0.3) is 0 Å². The van der Waals surface area contributed by atoms with Crippen LogP contribution in [-0.2, 0) is 11.3 Å². The number of rotatable bonds is 7. The average Bonchev–Trinajstić information content (AvgIpc) is 3.20. The minimum Gasteiger partial charge on any atom is -0.497 e. The Kier molecular flexibility index (Phi) is 7.10. The van der Waals surface area contributed by atoms with Gasteiger partial charge in [-0.3, -0.25) is 4.79 Å². The largest absolute Gasteiger partial charge is 0.497 e. The molecule has 29 heavy (non-hydrogen) atoms. The predicted octanol–water partition coefficient (Wildman–Crippen LogP) is 1.93. The second-order valence-corrected chi connectivity index (χ2v) is 7.24. The molecule has 1 aliphatic rings. The first-order chi connectivity index (χ1) is 14.1. The van der Waals surface area contributed by atoms with Crippen LogP contribution >= 0.6 is 0 Å². The highest BCUT2D eigenvalue weighted by molar-refractivity contribution is 5.80. The van der Waals surface area contributed by atoms with E-state index in [1.54, 1.807) is 7.11 Å². The zero-order chi connectivity index (χ0) is 20.6. The molecule has 0 saturated carbocycles. The smallest absolute Gasteiger partial charge is 0.217 e. The number of aliphatic imine (C=N–C) groups is 1. The van der Waals surface area contributed by atoms with E-state index in [0.29, 0.717) is 18.9 Å². The standard InChI is InChI=1S/C21H30N6O2/c1-3-23-21(26-11-4-5-16(15-26)13-20(22)28)24-14-17-10-12-27(25-17)18-6-8-19(29-2)9-7-18/h6-10,12,16H,3-5,11,13-15H2,1-2H3,(H2,22,28)(H,23,24). The average molecular weight is 399 g/mol. The summed E-state index contributed by atoms with van der Waals surface area (Å²) in [5, 5.41) is 7.99. The number of amides is 1. The van der Waals surface area contributed by atoms with Gasteiger partial charge in [-0.2, -0.15) is 5.10 Å². The molecule has 8 nitrogen and oxygen atoms in total. The van der Waals surface area contributed by atoms with Gasteiger partial charge < -0.3 is 20.7 Å². The van der Waals surface area contributed by atoms with Gasteiger partial charge in [-0.15, -0.1) is 0 Å². The Morgan fingerprint density at radius 2 is 2.14 bits per heavy atom. The van der Waals surface area contributed by atoms with Crippen LogP contribution in [-0.4, -0.2) is 53.3 Å². The van der Waals surface area contributed by atoms with E-state index in [1.807, 2.05) is 41.2 Å². The molecule has 1 amide bonds. The lowest BCUT2D eigenvalue weighted by atomic mass is 9.95. The van der Waals surface area contributed by atoms with Crippen molar-refractivity contribution in [3.05, 3.63) is 42.2 Å². The number of ether oxygens (including phenoxy) is 1. The van der Waals surface area contributed by atoms with Crippen molar-refractivity contribution in [2.75, 3.05) is 26.7 Å². The van der Waals surface area contributed by atoms with E-state index in [4.69, 9.17) is 15.5 Å². The Bertz CT molecular complexity index is 830. The second-order valence-electron chi connectivity index (χ2n) is 7.24. The lowest BCUT2D eigenvalue weighted by Crippen LogP contribution is -2.47. The number of hydrogen-bond acceptors (Lipinski definition) is 4. The number of carbonyl (C=O) groups is 1. The van der Waals surface area contributed by atoms with Crippen LogP contribution in [0.25, 0.3) is 5.69 Å². The number of primary amides is 1. The molecule has 1 aromatic heterocycles. The molecule has 1 saturated heterocycles. The molecule has 1 atom stereocenters. The van der Waals surface area contributed by atoms with Gasteiger partial charge in [0.15, 0.2) is 5.96 Å². The zero-order valence-corrected chi connectivity index (χ0v) is 17.2. The number of nitrogens with two attached hydrogens (primary N) is 1. The van der Waals surface area contributed by atoms with Gasteiger partial charge in [0.05, 0.1) is 25.0 Å². The maximum atomic E-state index is 11.3. The fourth-order valence-corrected chi connectivity index (χ4v) is 3.62. The lowest BCUT2D eigenvalue weighted by molar-refractivity contribution is -0.119. The van der Waals surface area contributed by atoms with Gasteiger partial charge in [0.1, 0.15) is 5.75 Å². The van der Waals surface area contributed by atoms with E-state index in [9.17, 15) is 4.79 Å². The number of aromatic nitrogens is 2. The first kappa shape index (κ1) is 20.7. The molecule has 2 aromatic rings. The van der Waals surface area contributed by atoms with E-state index < -0.39 is 0 Å². The molecule has 0 bridgehead atoms. The lowest BCUT2D eigenvalue weighted by Gasteiger charge is -2.34. The van der Waals surface area contributed by atoms with Crippen LogP contribution in [0.4, 0.5) is 0 Å². The van der Waals surface area contributed by atoms with Crippen LogP contribution in [0.15, 0.2) is 41.5 Å². The molecule has 3 rings (SSSR count). The highest BCUT2D eigenvalue weighted by Gasteiger charge is 2.23. The van der Waals surface area contributed by atoms with Gasteiger partial charge in [-0.25, -0.2) is 9.67 Å². The third-order valence-electron chi connectivity index (χ3n) is 5.02. The molecule has 1 aliphatic heterocycles. The molecular weight excluding hydrogens is 368 g/mol. The van der Waals surface area contributed by atoms with Gasteiger partial charge in [0, 0.05) is 32.3 Å². The van der Waals surface area contributed by atoms with Gasteiger partial charge >= 0.3 is 0 Å². The summed E-state index contributed by atoms with van der Waals surface area (Å²) in [7, 11) is 1.65. The monoisotopic (exact) mass is 398 g/mol. The number of hydrogen-bond donors (Lipinski definition) is 2. The fraction of sp³-hybridized carbons (Fsp3) is 0.476. The van der Waals surface area contributed by atoms with Gasteiger partial charge in [0.2, 0.25) is 5.91 Å². The molecule has 0 aliphatic carbocycles. The Morgan fingerprint density at radius 3 is 2.83 bits per heavy atom. The number of benzene rings is 1. The Hall–Kier alpha value is -3.03. The van der Waals surface area contributed by atoms with Crippen molar-refractivity contribution >= 4 is 11.9 Å². The van der Waals surface area contributed by atoms with Crippen molar-refractivity contribution in [3.8, 4) is 11.4 Å². The number of guanidine groups is 1. The first-order valence-corrected chi connectivity index (χ1v) is 10.1. The van der Waals surface area contributed by atoms with E-state index in [-0.39, 0.29) is 5.91 Å². The fourth-order valence-electron chi connectivity index (χ4n) is 3.62. The first-order valence-electron chi connectivity index (χ1n) is 10.1. The molecule has 0 radical (unpaired) electrons. The SMILES string of the molecule is CCNC(=NCc1ccn(-c2ccc(OC)cc2)n1)N1CCCC(CC(N)=O)C1. The van der Waals surface area contributed by atoms with Crippen molar-refractivity contribution in [1.29, 1.82) is 0 Å². The van der Waals surface area contributed by atoms with E-state index in [2.05, 4.69) is 22.2 Å². The molecule has 1 aromatic carbocycles. The highest BCUT2D eigenvalue weighted by atomic mass is 16.5. The van der Waals surface area contributed by atoms with Crippen LogP contribution in [0.3, 0.4) is 0 Å². The van der Waals surface area contributed by atoms with E-state index >= 15 is 0 Å². The van der Waals surface area contributed by atoms with Crippen molar-refractivity contribution in [2.24, 2.45) is 16.6 Å². The van der Waals surface area contributed by atoms with Gasteiger partial charge in [-0.1, -0.05) is 0 Å². The normalized spacial score (nSPS) is 17.2. The number of nitrogens with zero attached hydrogens (tertiary/aromatic N) is 4. The summed E-state index contributed by atoms with van der Waals surface area (Å²) < 4.78 is 7.03. The van der Waals surface area contributed by atoms with Crippen LogP contribution < -0.4 is 15.8 Å². The third-order valence-corrected chi connectivity index (χ3v) is 5.02. The highest BCUT2D eigenvalue weighted by Crippen LogP contribution is 2.20. The van der Waals surface area contributed by atoms with Crippen molar-refractivity contribution < 1.29 is 9.53 Å². The van der Waals surface area contributed by atoms with Crippen LogP contribution in [0.5, 0.6) is 5.75 Å². The summed E-state index contributed by atoms with van der Waals surface area (Å²) in [6, 6.07) is 9.74. The minimum atomic E-state index is -0.233. The van der Waals surface area contributed by atoms with Crippen molar-refractivity contribution in [1.82, 2.24) is 20.0 Å². The van der Waals surface area contributed by atoms with Crippen molar-refractivity contribution in [2.45, 2.75) is 32.7 Å². The summed E-state index contributed by atoms with van der Waals surface area (Å²) in [5.74, 6) is 1.74. The Labute approximate surface area is 171 Å². The van der Waals surface area contributed by atoms with Crippen LogP contribution in [0, 0.1) is 5.92 Å². The quantitative estimate of drug-likeness (QED) is 0.549. The third kappa shape index (κ3) is 5.73. The minimum absolute atomic E-state index is 0.233. The number of piperidine rings is 1. The molecule has 156 valence electrons. The maximum Gasteiger partial charge on any atom is 0.217 e. The summed E-state index contributed by atoms with van der Waals surface area (Å²) >= 11 is 0. The molecule has 8 heteroatoms. The zero-order valence-electron chi connectivity index (χ0n) is 17.2. The molecule has 3 N–H and O–H groups in total. The summed E-state index contributed by atoms with van der Waals surface area (Å²) in [6.45, 7) is 5.06. The number of methoxy groups -OCH3 is 1. The van der Waals surface area contributed by atoms with E-state index in [0.717, 1.165) is 55.6 Å². The molecule has 1 fully saturated rings. The molecule has 0 spiro atoms. The Morgan fingerprint density at radius 1 is 1.34 bits per heavy atom.